The van der Waals surface area contributed by atoms with Crippen LogP contribution in [0.2, 0.25) is 0 Å². The van der Waals surface area contributed by atoms with Crippen molar-refractivity contribution in [2.45, 2.75) is 6.04 Å². The summed E-state index contributed by atoms with van der Waals surface area (Å²) in [7, 11) is 1.39. The maximum Gasteiger partial charge on any atom is 0.328 e. The van der Waals surface area contributed by atoms with E-state index in [1.165, 1.54) is 7.11 Å². The molecule has 0 aliphatic carbocycles. The molecule has 1 fully saturated rings. The molecule has 1 saturated heterocycles. The lowest BCUT2D eigenvalue weighted by atomic mass is 10.3. The van der Waals surface area contributed by atoms with Gasteiger partial charge < -0.3 is 25.8 Å². The summed E-state index contributed by atoms with van der Waals surface area (Å²) >= 11 is 0. The molecule has 19 heavy (non-hydrogen) atoms. The molecule has 8 heteroatoms. The minimum Gasteiger partial charge on any atom is -0.480 e. The van der Waals surface area contributed by atoms with Crippen molar-refractivity contribution in [3.63, 3.8) is 0 Å². The third kappa shape index (κ3) is 6.37. The van der Waals surface area contributed by atoms with Crippen LogP contribution < -0.4 is 16.0 Å². The first kappa shape index (κ1) is 15.7. The zero-order chi connectivity index (χ0) is 14.1. The van der Waals surface area contributed by atoms with E-state index in [2.05, 4.69) is 20.9 Å². The van der Waals surface area contributed by atoms with E-state index >= 15 is 0 Å². The van der Waals surface area contributed by atoms with Gasteiger partial charge in [0, 0.05) is 46.4 Å². The molecule has 0 bridgehead atoms. The molecule has 0 radical (unpaired) electrons. The number of aliphatic carboxylic acids is 1. The molecular weight excluding hydrogens is 252 g/mol. The lowest BCUT2D eigenvalue weighted by molar-refractivity contribution is -0.140. The molecule has 1 unspecified atom stereocenters. The van der Waals surface area contributed by atoms with Crippen LogP contribution in [0.15, 0.2) is 0 Å². The van der Waals surface area contributed by atoms with Crippen molar-refractivity contribution < 1.29 is 19.4 Å². The van der Waals surface area contributed by atoms with Gasteiger partial charge in [0.2, 0.25) is 0 Å². The predicted molar refractivity (Wildman–Crippen MR) is 69.1 cm³/mol. The monoisotopic (exact) mass is 274 g/mol. The van der Waals surface area contributed by atoms with Crippen molar-refractivity contribution in [1.82, 2.24) is 20.9 Å². The lowest BCUT2D eigenvalue weighted by Gasteiger charge is -2.27. The minimum absolute atomic E-state index is 0.0550. The third-order valence-electron chi connectivity index (χ3n) is 2.86. The summed E-state index contributed by atoms with van der Waals surface area (Å²) in [6.07, 6.45) is 0. The van der Waals surface area contributed by atoms with Crippen LogP contribution in [0.5, 0.6) is 0 Å². The lowest BCUT2D eigenvalue weighted by Crippen LogP contribution is -2.50. The average Bonchev–Trinajstić information content (AvgIpc) is 2.39. The summed E-state index contributed by atoms with van der Waals surface area (Å²) in [6, 6.07) is -1.51. The number of hydrogen-bond acceptors (Lipinski definition) is 5. The van der Waals surface area contributed by atoms with Gasteiger partial charge in [-0.05, 0) is 0 Å². The van der Waals surface area contributed by atoms with Crippen LogP contribution in [0.4, 0.5) is 4.79 Å². The summed E-state index contributed by atoms with van der Waals surface area (Å²) in [5.41, 5.74) is 0. The number of urea groups is 1. The first-order chi connectivity index (χ1) is 9.13. The standard InChI is InChI=1S/C11H22N4O4/c1-19-8-9(10(16)17)14-11(18)13-4-7-15-5-2-12-3-6-15/h9,12H,2-8H2,1H3,(H,16,17)(H2,13,14,18). The highest BCUT2D eigenvalue weighted by Crippen LogP contribution is 1.90. The average molecular weight is 274 g/mol. The minimum atomic E-state index is -1.11. The number of carbonyl (C=O) groups is 2. The Morgan fingerprint density at radius 2 is 2.11 bits per heavy atom. The Hall–Kier alpha value is -1.38. The molecule has 0 aromatic heterocycles. The highest BCUT2D eigenvalue weighted by atomic mass is 16.5. The third-order valence-corrected chi connectivity index (χ3v) is 2.86. The van der Waals surface area contributed by atoms with E-state index in [0.29, 0.717) is 6.54 Å². The zero-order valence-corrected chi connectivity index (χ0v) is 11.1. The number of carboxylic acid groups (broad SMARTS) is 1. The van der Waals surface area contributed by atoms with Gasteiger partial charge in [-0.1, -0.05) is 0 Å². The fourth-order valence-corrected chi connectivity index (χ4v) is 1.81. The van der Waals surface area contributed by atoms with Crippen molar-refractivity contribution in [3.8, 4) is 0 Å². The fraction of sp³-hybridized carbons (Fsp3) is 0.818. The molecule has 0 aromatic carbocycles. The molecule has 2 amide bonds. The van der Waals surface area contributed by atoms with Gasteiger partial charge in [0.05, 0.1) is 6.61 Å². The molecule has 0 saturated carbocycles. The highest BCUT2D eigenvalue weighted by molar-refractivity contribution is 5.82. The first-order valence-corrected chi connectivity index (χ1v) is 6.32. The number of ether oxygens (including phenoxy) is 1. The number of methoxy groups -OCH3 is 1. The Bertz CT molecular complexity index is 294. The van der Waals surface area contributed by atoms with E-state index in [0.717, 1.165) is 32.7 Å². The molecule has 1 atom stereocenters. The van der Waals surface area contributed by atoms with E-state index in [1.54, 1.807) is 0 Å². The van der Waals surface area contributed by atoms with Crippen LogP contribution in [-0.4, -0.2) is 81.0 Å². The van der Waals surface area contributed by atoms with Crippen molar-refractivity contribution in [2.24, 2.45) is 0 Å². The van der Waals surface area contributed by atoms with E-state index in [4.69, 9.17) is 9.84 Å². The summed E-state index contributed by atoms with van der Waals surface area (Å²) in [5.74, 6) is -1.11. The number of hydrogen-bond donors (Lipinski definition) is 4. The van der Waals surface area contributed by atoms with Gasteiger partial charge in [-0.2, -0.15) is 0 Å². The quantitative estimate of drug-likeness (QED) is 0.441. The predicted octanol–water partition coefficient (Wildman–Crippen LogP) is -1.71. The van der Waals surface area contributed by atoms with Gasteiger partial charge in [0.25, 0.3) is 0 Å². The van der Waals surface area contributed by atoms with E-state index < -0.39 is 18.0 Å². The number of carbonyl (C=O) groups excluding carboxylic acids is 1. The van der Waals surface area contributed by atoms with Gasteiger partial charge >= 0.3 is 12.0 Å². The van der Waals surface area contributed by atoms with Crippen LogP contribution in [0, 0.1) is 0 Å². The van der Waals surface area contributed by atoms with Crippen LogP contribution in [0.3, 0.4) is 0 Å². The molecule has 1 heterocycles. The number of nitrogens with zero attached hydrogens (tertiary/aromatic N) is 1. The second-order valence-electron chi connectivity index (χ2n) is 4.34. The maximum atomic E-state index is 11.5. The van der Waals surface area contributed by atoms with Crippen molar-refractivity contribution >= 4 is 12.0 Å². The van der Waals surface area contributed by atoms with Gasteiger partial charge in [-0.25, -0.2) is 9.59 Å². The molecule has 1 aliphatic rings. The summed E-state index contributed by atoms with van der Waals surface area (Å²) in [6.45, 7) is 5.04. The highest BCUT2D eigenvalue weighted by Gasteiger charge is 2.19. The smallest absolute Gasteiger partial charge is 0.328 e. The second-order valence-corrected chi connectivity index (χ2v) is 4.34. The number of amides is 2. The topological polar surface area (TPSA) is 103 Å². The molecule has 0 aromatic rings. The van der Waals surface area contributed by atoms with E-state index in [9.17, 15) is 9.59 Å². The number of piperazine rings is 1. The normalized spacial score (nSPS) is 17.7. The molecular formula is C11H22N4O4. The molecule has 110 valence electrons. The number of rotatable bonds is 7. The summed E-state index contributed by atoms with van der Waals surface area (Å²) < 4.78 is 4.73. The fourth-order valence-electron chi connectivity index (χ4n) is 1.81. The molecule has 8 nitrogen and oxygen atoms in total. The number of nitrogens with one attached hydrogen (secondary N) is 3. The van der Waals surface area contributed by atoms with Crippen LogP contribution >= 0.6 is 0 Å². The Morgan fingerprint density at radius 1 is 1.42 bits per heavy atom. The molecule has 1 rings (SSSR count). The molecule has 4 N–H and O–H groups in total. The number of carboxylic acids is 1. The van der Waals surface area contributed by atoms with Crippen LogP contribution in [0.25, 0.3) is 0 Å². The second kappa shape index (κ2) is 8.68. The Balaban J connectivity index is 2.17. The van der Waals surface area contributed by atoms with Crippen molar-refractivity contribution in [1.29, 1.82) is 0 Å². The molecule has 0 spiro atoms. The SMILES string of the molecule is COCC(NC(=O)NCCN1CCNCC1)C(=O)O. The molecule has 1 aliphatic heterocycles. The Morgan fingerprint density at radius 3 is 2.68 bits per heavy atom. The van der Waals surface area contributed by atoms with Crippen molar-refractivity contribution in [2.75, 3.05) is 53.0 Å². The zero-order valence-electron chi connectivity index (χ0n) is 11.1. The van der Waals surface area contributed by atoms with Gasteiger partial charge in [-0.3, -0.25) is 4.90 Å². The largest absolute Gasteiger partial charge is 0.480 e. The van der Waals surface area contributed by atoms with Gasteiger partial charge in [0.1, 0.15) is 0 Å². The summed E-state index contributed by atoms with van der Waals surface area (Å²) in [4.78, 5) is 24.5. The van der Waals surface area contributed by atoms with Crippen LogP contribution in [-0.2, 0) is 9.53 Å². The van der Waals surface area contributed by atoms with Crippen molar-refractivity contribution in [3.05, 3.63) is 0 Å². The van der Waals surface area contributed by atoms with Gasteiger partial charge in [0.15, 0.2) is 6.04 Å². The van der Waals surface area contributed by atoms with Crippen LogP contribution in [0.1, 0.15) is 0 Å². The van der Waals surface area contributed by atoms with E-state index in [-0.39, 0.29) is 6.61 Å². The Kier molecular flexibility index (Phi) is 7.16. The Labute approximate surface area is 112 Å². The van der Waals surface area contributed by atoms with E-state index in [1.807, 2.05) is 0 Å². The maximum absolute atomic E-state index is 11.5. The summed E-state index contributed by atoms with van der Waals surface area (Å²) in [5, 5.41) is 17.1. The van der Waals surface area contributed by atoms with Gasteiger partial charge in [-0.15, -0.1) is 0 Å². The first-order valence-electron chi connectivity index (χ1n) is 6.32.